The fourth-order valence-electron chi connectivity index (χ4n) is 0. The average Bonchev–Trinajstić information content (AvgIpc) is 0.811. The summed E-state index contributed by atoms with van der Waals surface area (Å²) in [6, 6.07) is 0. The molecule has 5 heavy (non-hydrogen) atoms. The molecule has 0 aromatic heterocycles. The molecule has 5 heteroatoms. The number of hydrogen-bond acceptors (Lipinski definition) is 3. The molecule has 3 N–H and O–H groups in total. The van der Waals surface area contributed by atoms with E-state index in [0.29, 0.717) is 0 Å². The Morgan fingerprint density at radius 2 is 1.00 bits per heavy atom. The van der Waals surface area contributed by atoms with Gasteiger partial charge in [0.05, 0.1) is 0 Å². The monoisotopic (exact) mass is 267 g/mol. The molecule has 0 aromatic rings. The zero-order valence-electron chi connectivity index (χ0n) is 2.50. The van der Waals surface area contributed by atoms with Crippen molar-refractivity contribution in [2.24, 2.45) is 0 Å². The van der Waals surface area contributed by atoms with Crippen LogP contribution in [-0.2, 0) is 0 Å². The molecule has 27 valence electrons. The zero-order chi connectivity index (χ0) is 3.58. The van der Waals surface area contributed by atoms with Gasteiger partial charge in [-0.2, -0.15) is 0 Å². The summed E-state index contributed by atoms with van der Waals surface area (Å²) in [4.78, 5) is 0. The summed E-state index contributed by atoms with van der Waals surface area (Å²) in [5.74, 6) is 0. The first kappa shape index (κ1) is 9.29. The molecule has 0 saturated carbocycles. The van der Waals surface area contributed by atoms with Crippen molar-refractivity contribution in [3.05, 3.63) is 0 Å². The second-order valence-corrected chi connectivity index (χ2v) is 0.346. The topological polar surface area (TPSA) is 60.7 Å². The van der Waals surface area contributed by atoms with Crippen LogP contribution in [0.5, 0.6) is 0 Å². The van der Waals surface area contributed by atoms with Gasteiger partial charge < -0.3 is 15.1 Å². The second kappa shape index (κ2) is 4.87. The molecule has 0 heterocycles. The second-order valence-electron chi connectivity index (χ2n) is 0.346. The average molecular weight is 266 g/mol. The molecule has 0 aliphatic carbocycles. The molecular weight excluding hydrogens is 263 g/mol. The molecular formula is H3BO3Tl. The quantitative estimate of drug-likeness (QED) is 0.427. The van der Waals surface area contributed by atoms with Crippen molar-refractivity contribution in [2.75, 3.05) is 0 Å². The van der Waals surface area contributed by atoms with Crippen LogP contribution in [0, 0.1) is 0 Å². The van der Waals surface area contributed by atoms with Crippen molar-refractivity contribution in [3.63, 3.8) is 0 Å². The van der Waals surface area contributed by atoms with Gasteiger partial charge in [0.15, 0.2) is 0 Å². The standard InChI is InChI=1S/BH3O3.Tl/c2-1(3)4;/h2-4H;. The van der Waals surface area contributed by atoms with Crippen molar-refractivity contribution in [2.45, 2.75) is 0 Å². The Balaban J connectivity index is 0. The molecule has 0 aromatic carbocycles. The van der Waals surface area contributed by atoms with Gasteiger partial charge in [-0.05, 0) is 0 Å². The Hall–Kier alpha value is 0.867. The van der Waals surface area contributed by atoms with Crippen LogP contribution < -0.4 is 0 Å². The SMILES string of the molecule is OB(O)O.[Tl]. The van der Waals surface area contributed by atoms with E-state index >= 15 is 0 Å². The van der Waals surface area contributed by atoms with Gasteiger partial charge in [-0.25, -0.2) is 0 Å². The van der Waals surface area contributed by atoms with Gasteiger partial charge in [-0.1, -0.05) is 0 Å². The molecule has 0 atom stereocenters. The summed E-state index contributed by atoms with van der Waals surface area (Å²) in [7, 11) is -2.17. The van der Waals surface area contributed by atoms with Crippen LogP contribution in [-0.4, -0.2) is 49.7 Å². The van der Waals surface area contributed by atoms with Crippen LogP contribution in [0.3, 0.4) is 0 Å². The smallest absolute Gasteiger partial charge is 0.402 e. The van der Waals surface area contributed by atoms with Crippen molar-refractivity contribution in [1.29, 1.82) is 0 Å². The Labute approximate surface area is 50.0 Å². The summed E-state index contributed by atoms with van der Waals surface area (Å²) >= 11 is 0. The summed E-state index contributed by atoms with van der Waals surface area (Å²) in [6.07, 6.45) is 0. The molecule has 0 aliphatic rings. The molecule has 0 fully saturated rings. The Morgan fingerprint density at radius 1 is 1.00 bits per heavy atom. The molecule has 1 radical (unpaired) electrons. The largest absolute Gasteiger partial charge is 0.631 e. The van der Waals surface area contributed by atoms with Crippen LogP contribution >= 0.6 is 0 Å². The molecule has 0 bridgehead atoms. The maximum absolute atomic E-state index is 7.17. The first-order valence-electron chi connectivity index (χ1n) is 0.775. The predicted octanol–water partition coefficient (Wildman–Crippen LogP) is -2.43. The summed E-state index contributed by atoms with van der Waals surface area (Å²) < 4.78 is 0. The van der Waals surface area contributed by atoms with Crippen LogP contribution in [0.2, 0.25) is 0 Å². The molecule has 3 nitrogen and oxygen atoms in total. The first-order valence-corrected chi connectivity index (χ1v) is 0.775. The third-order valence-corrected chi connectivity index (χ3v) is 0. The Morgan fingerprint density at radius 3 is 1.00 bits per heavy atom. The molecule has 0 spiro atoms. The minimum Gasteiger partial charge on any atom is -0.402 e. The van der Waals surface area contributed by atoms with Gasteiger partial charge in [-0.3, -0.25) is 0 Å². The molecule has 0 unspecified atom stereocenters. The van der Waals surface area contributed by atoms with E-state index < -0.39 is 7.32 Å². The van der Waals surface area contributed by atoms with Crippen LogP contribution in [0.1, 0.15) is 0 Å². The maximum Gasteiger partial charge on any atom is 0.631 e. The van der Waals surface area contributed by atoms with Gasteiger partial charge in [0.25, 0.3) is 0 Å². The van der Waals surface area contributed by atoms with E-state index in [1.165, 1.54) is 0 Å². The van der Waals surface area contributed by atoms with Crippen LogP contribution in [0.25, 0.3) is 0 Å². The summed E-state index contributed by atoms with van der Waals surface area (Å²) in [6.45, 7) is 0. The fraction of sp³-hybridized carbons (Fsp3) is 0. The normalized spacial score (nSPS) is 5.40. The van der Waals surface area contributed by atoms with Crippen molar-refractivity contribution >= 4 is 34.6 Å². The van der Waals surface area contributed by atoms with Gasteiger partial charge >= 0.3 is 7.32 Å². The van der Waals surface area contributed by atoms with Crippen molar-refractivity contribution in [3.8, 4) is 0 Å². The summed E-state index contributed by atoms with van der Waals surface area (Å²) in [5.41, 5.74) is 0. The van der Waals surface area contributed by atoms with Gasteiger partial charge in [0.1, 0.15) is 0 Å². The summed E-state index contributed by atoms with van der Waals surface area (Å²) in [5, 5.41) is 21.5. The molecule has 0 aliphatic heterocycles. The van der Waals surface area contributed by atoms with Crippen LogP contribution in [0.15, 0.2) is 0 Å². The van der Waals surface area contributed by atoms with Crippen molar-refractivity contribution < 1.29 is 15.1 Å². The van der Waals surface area contributed by atoms with Crippen LogP contribution in [0.4, 0.5) is 0 Å². The van der Waals surface area contributed by atoms with Gasteiger partial charge in [-0.15, -0.1) is 0 Å². The fourth-order valence-corrected chi connectivity index (χ4v) is 0. The predicted molar refractivity (Wildman–Crippen MR) is 18.2 cm³/mol. The Kier molecular flexibility index (Phi) is 9.05. The number of rotatable bonds is 0. The van der Waals surface area contributed by atoms with E-state index in [9.17, 15) is 0 Å². The van der Waals surface area contributed by atoms with Crippen molar-refractivity contribution in [1.82, 2.24) is 0 Å². The zero-order valence-corrected chi connectivity index (χ0v) is 6.99. The molecule has 0 saturated heterocycles. The van der Waals surface area contributed by atoms with E-state index in [1.54, 1.807) is 0 Å². The minimum absolute atomic E-state index is 0. The van der Waals surface area contributed by atoms with E-state index in [4.69, 9.17) is 15.1 Å². The first-order chi connectivity index (χ1) is 1.73. The maximum atomic E-state index is 7.17. The third kappa shape index (κ3) is 53.2. The number of hydrogen-bond donors (Lipinski definition) is 3. The van der Waals surface area contributed by atoms with E-state index in [0.717, 1.165) is 0 Å². The van der Waals surface area contributed by atoms with Gasteiger partial charge in [0.2, 0.25) is 0 Å². The minimum atomic E-state index is -2.17. The van der Waals surface area contributed by atoms with E-state index in [-0.39, 0.29) is 27.3 Å². The third-order valence-electron chi connectivity index (χ3n) is 0. The van der Waals surface area contributed by atoms with E-state index in [2.05, 4.69) is 0 Å². The molecule has 0 rings (SSSR count). The Bertz CT molecular complexity index is 11.6. The van der Waals surface area contributed by atoms with E-state index in [1.807, 2.05) is 0 Å². The van der Waals surface area contributed by atoms with Gasteiger partial charge in [0, 0.05) is 27.3 Å². The molecule has 0 amide bonds.